The van der Waals surface area contributed by atoms with Gasteiger partial charge in [0.15, 0.2) is 0 Å². The Hall–Kier alpha value is -3.14. The number of hydrogen-bond donors (Lipinski definition) is 0. The fourth-order valence-electron chi connectivity index (χ4n) is 3.47. The number of nitrogens with zero attached hydrogens (tertiary/aromatic N) is 1. The van der Waals surface area contributed by atoms with Crippen molar-refractivity contribution in [1.82, 2.24) is 4.31 Å². The maximum absolute atomic E-state index is 13.8. The SMILES string of the molecule is CCS(=O)(=O)Oc1cccc(CN(Cc2ccco2)S(=O)(=O)c2cccc3ccccc23)c1. The fraction of sp³-hybridized carbons (Fsp3) is 0.167. The molecule has 0 amide bonds. The Morgan fingerprint density at radius 1 is 0.848 bits per heavy atom. The van der Waals surface area contributed by atoms with Crippen molar-refractivity contribution in [1.29, 1.82) is 0 Å². The summed E-state index contributed by atoms with van der Waals surface area (Å²) in [6.07, 6.45) is 1.49. The summed E-state index contributed by atoms with van der Waals surface area (Å²) in [4.78, 5) is 0.188. The molecule has 1 aromatic heterocycles. The van der Waals surface area contributed by atoms with E-state index in [1.54, 1.807) is 48.5 Å². The van der Waals surface area contributed by atoms with E-state index in [1.807, 2.05) is 18.2 Å². The van der Waals surface area contributed by atoms with E-state index in [0.29, 0.717) is 16.7 Å². The third-order valence-electron chi connectivity index (χ3n) is 5.11. The van der Waals surface area contributed by atoms with Crippen LogP contribution in [-0.4, -0.2) is 26.9 Å². The molecule has 0 bridgehead atoms. The number of sulfonamides is 1. The van der Waals surface area contributed by atoms with Crippen LogP contribution in [0.2, 0.25) is 0 Å². The van der Waals surface area contributed by atoms with E-state index in [0.717, 1.165) is 5.39 Å². The lowest BCUT2D eigenvalue weighted by molar-refractivity contribution is 0.358. The van der Waals surface area contributed by atoms with Gasteiger partial charge in [-0.05, 0) is 48.2 Å². The molecule has 0 atom stereocenters. The van der Waals surface area contributed by atoms with Crippen LogP contribution in [-0.2, 0) is 33.2 Å². The van der Waals surface area contributed by atoms with Crippen molar-refractivity contribution in [2.24, 2.45) is 0 Å². The van der Waals surface area contributed by atoms with Crippen molar-refractivity contribution >= 4 is 30.9 Å². The summed E-state index contributed by atoms with van der Waals surface area (Å²) in [7, 11) is -7.64. The molecule has 7 nitrogen and oxygen atoms in total. The Morgan fingerprint density at radius 2 is 1.61 bits per heavy atom. The molecular weight excluding hydrogens is 462 g/mol. The van der Waals surface area contributed by atoms with Crippen LogP contribution in [0.15, 0.2) is 94.4 Å². The molecule has 172 valence electrons. The molecule has 33 heavy (non-hydrogen) atoms. The first-order valence-corrected chi connectivity index (χ1v) is 13.3. The first-order valence-electron chi connectivity index (χ1n) is 10.3. The smallest absolute Gasteiger partial charge is 0.308 e. The number of benzene rings is 3. The van der Waals surface area contributed by atoms with E-state index in [4.69, 9.17) is 8.60 Å². The fourth-order valence-corrected chi connectivity index (χ4v) is 5.59. The van der Waals surface area contributed by atoms with Crippen molar-refractivity contribution in [2.75, 3.05) is 5.75 Å². The normalized spacial score (nSPS) is 12.3. The summed E-state index contributed by atoms with van der Waals surface area (Å²) < 4.78 is 63.1. The molecular formula is C24H23NO6S2. The predicted octanol–water partition coefficient (Wildman–Crippen LogP) is 4.55. The minimum Gasteiger partial charge on any atom is -0.468 e. The number of furan rings is 1. The van der Waals surface area contributed by atoms with Crippen LogP contribution in [0.4, 0.5) is 0 Å². The van der Waals surface area contributed by atoms with E-state index in [2.05, 4.69) is 0 Å². The van der Waals surface area contributed by atoms with Gasteiger partial charge in [0.05, 0.1) is 23.5 Å². The molecule has 0 N–H and O–H groups in total. The van der Waals surface area contributed by atoms with Crippen LogP contribution >= 0.6 is 0 Å². The van der Waals surface area contributed by atoms with Gasteiger partial charge in [0.25, 0.3) is 0 Å². The van der Waals surface area contributed by atoms with E-state index >= 15 is 0 Å². The number of rotatable bonds is 9. The highest BCUT2D eigenvalue weighted by molar-refractivity contribution is 7.89. The van der Waals surface area contributed by atoms with Crippen molar-refractivity contribution < 1.29 is 25.4 Å². The molecule has 4 aromatic rings. The summed E-state index contributed by atoms with van der Waals surface area (Å²) in [6, 6.07) is 22.3. The monoisotopic (exact) mass is 485 g/mol. The van der Waals surface area contributed by atoms with Gasteiger partial charge in [-0.3, -0.25) is 0 Å². The average molecular weight is 486 g/mol. The van der Waals surface area contributed by atoms with E-state index in [-0.39, 0.29) is 29.5 Å². The number of fused-ring (bicyclic) bond motifs is 1. The summed E-state index contributed by atoms with van der Waals surface area (Å²) in [6.45, 7) is 1.49. The van der Waals surface area contributed by atoms with Gasteiger partial charge in [-0.25, -0.2) is 8.42 Å². The molecule has 0 saturated carbocycles. The average Bonchev–Trinajstić information content (AvgIpc) is 3.31. The van der Waals surface area contributed by atoms with E-state index in [1.165, 1.54) is 29.6 Å². The summed E-state index contributed by atoms with van der Waals surface area (Å²) in [5.41, 5.74) is 0.578. The Labute approximate surface area is 193 Å². The first-order chi connectivity index (χ1) is 15.8. The Balaban J connectivity index is 1.73. The molecule has 0 spiro atoms. The molecule has 0 radical (unpaired) electrons. The zero-order chi connectivity index (χ0) is 23.5. The van der Waals surface area contributed by atoms with Gasteiger partial charge in [-0.2, -0.15) is 12.7 Å². The van der Waals surface area contributed by atoms with Crippen LogP contribution < -0.4 is 4.18 Å². The summed E-state index contributed by atoms with van der Waals surface area (Å²) in [5.74, 6) is 0.451. The van der Waals surface area contributed by atoms with Crippen LogP contribution in [0.1, 0.15) is 18.2 Å². The zero-order valence-corrected chi connectivity index (χ0v) is 19.6. The van der Waals surface area contributed by atoms with Crippen molar-refractivity contribution in [3.05, 3.63) is 96.4 Å². The quantitative estimate of drug-likeness (QED) is 0.323. The molecule has 0 aliphatic heterocycles. The van der Waals surface area contributed by atoms with Gasteiger partial charge < -0.3 is 8.60 Å². The molecule has 3 aromatic carbocycles. The minimum atomic E-state index is -3.94. The molecule has 0 saturated heterocycles. The molecule has 0 aliphatic rings. The highest BCUT2D eigenvalue weighted by atomic mass is 32.2. The molecule has 4 rings (SSSR count). The lowest BCUT2D eigenvalue weighted by atomic mass is 10.1. The molecule has 9 heteroatoms. The lowest BCUT2D eigenvalue weighted by Crippen LogP contribution is -2.30. The van der Waals surface area contributed by atoms with Crippen molar-refractivity contribution in [3.63, 3.8) is 0 Å². The second kappa shape index (κ2) is 9.38. The van der Waals surface area contributed by atoms with E-state index < -0.39 is 20.1 Å². The van der Waals surface area contributed by atoms with Gasteiger partial charge in [-0.1, -0.05) is 48.5 Å². The zero-order valence-electron chi connectivity index (χ0n) is 17.9. The maximum Gasteiger partial charge on any atom is 0.308 e. The largest absolute Gasteiger partial charge is 0.468 e. The minimum absolute atomic E-state index is 0.00434. The molecule has 0 fully saturated rings. The standard InChI is InChI=1S/C24H23NO6S2/c1-2-32(26,27)31-21-11-5-8-19(16-21)17-25(18-22-12-7-15-30-22)33(28,29)24-14-6-10-20-9-3-4-13-23(20)24/h3-16H,2,17-18H2,1H3. The van der Waals surface area contributed by atoms with Crippen LogP contribution in [0.5, 0.6) is 5.75 Å². The van der Waals surface area contributed by atoms with Crippen molar-refractivity contribution in [3.8, 4) is 5.75 Å². The predicted molar refractivity (Wildman–Crippen MR) is 126 cm³/mol. The third kappa shape index (κ3) is 5.27. The third-order valence-corrected chi connectivity index (χ3v) is 8.12. The maximum atomic E-state index is 13.8. The topological polar surface area (TPSA) is 93.9 Å². The first kappa shape index (κ1) is 23.0. The van der Waals surface area contributed by atoms with Gasteiger partial charge >= 0.3 is 10.1 Å². The van der Waals surface area contributed by atoms with Crippen LogP contribution in [0.25, 0.3) is 10.8 Å². The molecule has 1 heterocycles. The summed E-state index contributed by atoms with van der Waals surface area (Å²) >= 11 is 0. The Bertz CT molecular complexity index is 1460. The highest BCUT2D eigenvalue weighted by Crippen LogP contribution is 2.28. The van der Waals surface area contributed by atoms with E-state index in [9.17, 15) is 16.8 Å². The van der Waals surface area contributed by atoms with Crippen molar-refractivity contribution in [2.45, 2.75) is 24.9 Å². The second-order valence-electron chi connectivity index (χ2n) is 7.41. The van der Waals surface area contributed by atoms with Gasteiger partial charge in [0.1, 0.15) is 11.5 Å². The van der Waals surface area contributed by atoms with Gasteiger partial charge in [0.2, 0.25) is 10.0 Å². The van der Waals surface area contributed by atoms with Gasteiger partial charge in [-0.15, -0.1) is 0 Å². The van der Waals surface area contributed by atoms with Crippen LogP contribution in [0, 0.1) is 0 Å². The lowest BCUT2D eigenvalue weighted by Gasteiger charge is -2.22. The second-order valence-corrected chi connectivity index (χ2v) is 11.2. The Kier molecular flexibility index (Phi) is 6.55. The molecule has 0 unspecified atom stereocenters. The van der Waals surface area contributed by atoms with Crippen LogP contribution in [0.3, 0.4) is 0 Å². The number of hydrogen-bond acceptors (Lipinski definition) is 6. The van der Waals surface area contributed by atoms with Gasteiger partial charge in [0, 0.05) is 11.9 Å². The molecule has 0 aliphatic carbocycles. The summed E-state index contributed by atoms with van der Waals surface area (Å²) in [5, 5.41) is 1.44. The Morgan fingerprint density at radius 3 is 2.36 bits per heavy atom. The highest BCUT2D eigenvalue weighted by Gasteiger charge is 2.27.